The molecule has 0 aliphatic carbocycles. The van der Waals surface area contributed by atoms with Crippen LogP contribution in [0, 0.1) is 5.92 Å². The highest BCUT2D eigenvalue weighted by molar-refractivity contribution is 7.17. The molecule has 0 unspecified atom stereocenters. The van der Waals surface area contributed by atoms with E-state index < -0.39 is 5.97 Å². The van der Waals surface area contributed by atoms with E-state index in [-0.39, 0.29) is 5.92 Å². The Labute approximate surface area is 119 Å². The number of thiazole rings is 1. The van der Waals surface area contributed by atoms with Crippen molar-refractivity contribution in [3.8, 4) is 0 Å². The van der Waals surface area contributed by atoms with Gasteiger partial charge in [0.1, 0.15) is 4.88 Å². The highest BCUT2D eigenvalue weighted by atomic mass is 32.1. The minimum atomic E-state index is -0.874. The number of anilines is 1. The minimum absolute atomic E-state index is 0.129. The van der Waals surface area contributed by atoms with Crippen LogP contribution < -0.4 is 4.90 Å². The Kier molecular flexibility index (Phi) is 5.35. The van der Waals surface area contributed by atoms with Gasteiger partial charge >= 0.3 is 5.97 Å². The Morgan fingerprint density at radius 2 is 1.84 bits per heavy atom. The summed E-state index contributed by atoms with van der Waals surface area (Å²) in [6.07, 6.45) is 0. The number of carbonyl (C=O) groups is 1. The van der Waals surface area contributed by atoms with E-state index in [0.717, 1.165) is 11.7 Å². The molecule has 1 aromatic rings. The Bertz CT molecular complexity index is 439. The van der Waals surface area contributed by atoms with Gasteiger partial charge in [-0.15, -0.1) is 0 Å². The van der Waals surface area contributed by atoms with E-state index in [9.17, 15) is 9.90 Å². The van der Waals surface area contributed by atoms with E-state index in [1.165, 1.54) is 11.3 Å². The van der Waals surface area contributed by atoms with Gasteiger partial charge in [0, 0.05) is 12.6 Å². The third-order valence-electron chi connectivity index (χ3n) is 2.81. The summed E-state index contributed by atoms with van der Waals surface area (Å²) < 4.78 is 0. The number of rotatable bonds is 6. The molecule has 4 nitrogen and oxygen atoms in total. The SMILES string of the molecule is CC(C)CN(c1nc(C(C)C)c(C(=O)O)s1)C(C)C. The highest BCUT2D eigenvalue weighted by Crippen LogP contribution is 2.32. The molecule has 108 valence electrons. The van der Waals surface area contributed by atoms with Crippen molar-refractivity contribution in [3.05, 3.63) is 10.6 Å². The predicted octanol–water partition coefficient (Wildman–Crippen LogP) is 3.84. The average molecular weight is 284 g/mol. The van der Waals surface area contributed by atoms with E-state index in [1.54, 1.807) is 0 Å². The van der Waals surface area contributed by atoms with Crippen molar-refractivity contribution < 1.29 is 9.90 Å². The summed E-state index contributed by atoms with van der Waals surface area (Å²) >= 11 is 1.29. The molecule has 1 rings (SSSR count). The Morgan fingerprint density at radius 3 is 2.16 bits per heavy atom. The molecule has 0 radical (unpaired) electrons. The number of hydrogen-bond acceptors (Lipinski definition) is 4. The van der Waals surface area contributed by atoms with Gasteiger partial charge in [0.2, 0.25) is 0 Å². The maximum atomic E-state index is 11.3. The van der Waals surface area contributed by atoms with E-state index in [4.69, 9.17) is 0 Å². The van der Waals surface area contributed by atoms with Gasteiger partial charge in [-0.05, 0) is 25.7 Å². The summed E-state index contributed by atoms with van der Waals surface area (Å²) in [5.41, 5.74) is 0.696. The predicted molar refractivity (Wildman–Crippen MR) is 80.5 cm³/mol. The zero-order valence-corrected chi connectivity index (χ0v) is 13.4. The smallest absolute Gasteiger partial charge is 0.347 e. The quantitative estimate of drug-likeness (QED) is 0.862. The number of hydrogen-bond donors (Lipinski definition) is 1. The lowest BCUT2D eigenvalue weighted by Crippen LogP contribution is -2.34. The van der Waals surface area contributed by atoms with Gasteiger partial charge in [-0.25, -0.2) is 9.78 Å². The molecule has 0 saturated heterocycles. The lowest BCUT2D eigenvalue weighted by molar-refractivity contribution is 0.0700. The summed E-state index contributed by atoms with van der Waals surface area (Å²) in [6.45, 7) is 13.4. The first kappa shape index (κ1) is 16.0. The maximum absolute atomic E-state index is 11.3. The molecule has 1 aromatic heterocycles. The minimum Gasteiger partial charge on any atom is -0.477 e. The van der Waals surface area contributed by atoms with Crippen LogP contribution in [0.2, 0.25) is 0 Å². The molecule has 1 heterocycles. The summed E-state index contributed by atoms with van der Waals surface area (Å²) in [4.78, 5) is 18.4. The fourth-order valence-electron chi connectivity index (χ4n) is 1.89. The molecule has 0 amide bonds. The summed E-state index contributed by atoms with van der Waals surface area (Å²) in [6, 6.07) is 0.315. The molecule has 19 heavy (non-hydrogen) atoms. The normalized spacial score (nSPS) is 11.6. The molecule has 0 saturated carbocycles. The van der Waals surface area contributed by atoms with Gasteiger partial charge in [-0.1, -0.05) is 39.0 Å². The van der Waals surface area contributed by atoms with Crippen molar-refractivity contribution in [3.63, 3.8) is 0 Å². The van der Waals surface area contributed by atoms with Gasteiger partial charge in [-0.2, -0.15) is 0 Å². The van der Waals surface area contributed by atoms with E-state index in [0.29, 0.717) is 22.5 Å². The van der Waals surface area contributed by atoms with Gasteiger partial charge < -0.3 is 10.0 Å². The number of carboxylic acids is 1. The van der Waals surface area contributed by atoms with Crippen molar-refractivity contribution in [2.75, 3.05) is 11.4 Å². The van der Waals surface area contributed by atoms with E-state index >= 15 is 0 Å². The van der Waals surface area contributed by atoms with Crippen LogP contribution in [0.4, 0.5) is 5.13 Å². The van der Waals surface area contributed by atoms with Crippen LogP contribution in [0.1, 0.15) is 62.8 Å². The second-order valence-electron chi connectivity index (χ2n) is 5.81. The van der Waals surface area contributed by atoms with Crippen molar-refractivity contribution in [2.45, 2.75) is 53.5 Å². The molecule has 0 aliphatic heterocycles. The maximum Gasteiger partial charge on any atom is 0.347 e. The first-order valence-electron chi connectivity index (χ1n) is 6.74. The number of carboxylic acid groups (broad SMARTS) is 1. The second-order valence-corrected chi connectivity index (χ2v) is 6.79. The van der Waals surface area contributed by atoms with Gasteiger partial charge in [0.15, 0.2) is 5.13 Å². The Balaban J connectivity index is 3.17. The highest BCUT2D eigenvalue weighted by Gasteiger charge is 2.23. The van der Waals surface area contributed by atoms with Gasteiger partial charge in [0.05, 0.1) is 5.69 Å². The molecular weight excluding hydrogens is 260 g/mol. The zero-order chi connectivity index (χ0) is 14.7. The lowest BCUT2D eigenvalue weighted by atomic mass is 10.1. The van der Waals surface area contributed by atoms with Crippen LogP contribution in [0.5, 0.6) is 0 Å². The topological polar surface area (TPSA) is 53.4 Å². The van der Waals surface area contributed by atoms with Crippen LogP contribution in [0.3, 0.4) is 0 Å². The van der Waals surface area contributed by atoms with Crippen LogP contribution >= 0.6 is 11.3 Å². The first-order valence-corrected chi connectivity index (χ1v) is 7.56. The van der Waals surface area contributed by atoms with Crippen molar-refractivity contribution in [1.29, 1.82) is 0 Å². The fraction of sp³-hybridized carbons (Fsp3) is 0.714. The van der Waals surface area contributed by atoms with Crippen LogP contribution in [-0.4, -0.2) is 28.6 Å². The molecule has 1 N–H and O–H groups in total. The second kappa shape index (κ2) is 6.37. The van der Waals surface area contributed by atoms with Crippen LogP contribution in [-0.2, 0) is 0 Å². The molecule has 5 heteroatoms. The van der Waals surface area contributed by atoms with Gasteiger partial charge in [-0.3, -0.25) is 0 Å². The Hall–Kier alpha value is -1.10. The molecule has 0 aliphatic rings. The average Bonchev–Trinajstić information content (AvgIpc) is 2.69. The monoisotopic (exact) mass is 284 g/mol. The Morgan fingerprint density at radius 1 is 1.26 bits per heavy atom. The van der Waals surface area contributed by atoms with E-state index in [1.807, 2.05) is 13.8 Å². The van der Waals surface area contributed by atoms with Gasteiger partial charge in [0.25, 0.3) is 0 Å². The molecule has 0 spiro atoms. The van der Waals surface area contributed by atoms with E-state index in [2.05, 4.69) is 37.6 Å². The lowest BCUT2D eigenvalue weighted by Gasteiger charge is -2.27. The number of aromatic carboxylic acids is 1. The molecule has 0 bridgehead atoms. The first-order chi connectivity index (χ1) is 8.73. The zero-order valence-electron chi connectivity index (χ0n) is 12.6. The van der Waals surface area contributed by atoms with Crippen molar-refractivity contribution in [2.24, 2.45) is 5.92 Å². The number of nitrogens with zero attached hydrogens (tertiary/aromatic N) is 2. The van der Waals surface area contributed by atoms with Crippen molar-refractivity contribution in [1.82, 2.24) is 4.98 Å². The van der Waals surface area contributed by atoms with Crippen molar-refractivity contribution >= 4 is 22.4 Å². The standard InChI is InChI=1S/C14H24N2O2S/c1-8(2)7-16(10(5)6)14-15-11(9(3)4)12(19-14)13(17)18/h8-10H,7H2,1-6H3,(H,17,18). The van der Waals surface area contributed by atoms with Crippen LogP contribution in [0.15, 0.2) is 0 Å². The number of aromatic nitrogens is 1. The summed E-state index contributed by atoms with van der Waals surface area (Å²) in [7, 11) is 0. The largest absolute Gasteiger partial charge is 0.477 e. The fourth-order valence-corrected chi connectivity index (χ4v) is 3.09. The summed E-state index contributed by atoms with van der Waals surface area (Å²) in [5, 5.41) is 10.1. The van der Waals surface area contributed by atoms with Crippen LogP contribution in [0.25, 0.3) is 0 Å². The summed E-state index contributed by atoms with van der Waals surface area (Å²) in [5.74, 6) is -0.230. The molecule has 0 aromatic carbocycles. The molecule has 0 fully saturated rings. The third kappa shape index (κ3) is 3.93. The molecule has 0 atom stereocenters. The molecular formula is C14H24N2O2S. The third-order valence-corrected chi connectivity index (χ3v) is 3.91.